The van der Waals surface area contributed by atoms with Crippen molar-refractivity contribution < 1.29 is 9.13 Å². The third-order valence-corrected chi connectivity index (χ3v) is 7.17. The Hall–Kier alpha value is -1.91. The number of anilines is 2. The molecule has 2 N–H and O–H groups in total. The molecule has 0 bridgehead atoms. The van der Waals surface area contributed by atoms with Crippen LogP contribution in [-0.4, -0.2) is 42.3 Å². The van der Waals surface area contributed by atoms with E-state index in [1.54, 1.807) is 0 Å². The van der Waals surface area contributed by atoms with Crippen molar-refractivity contribution in [2.75, 3.05) is 36.5 Å². The lowest BCUT2D eigenvalue weighted by Crippen LogP contribution is -2.53. The molecule has 0 unspecified atom stereocenters. The predicted molar refractivity (Wildman–Crippen MR) is 119 cm³/mol. The van der Waals surface area contributed by atoms with Gasteiger partial charge in [-0.1, -0.05) is 11.6 Å². The summed E-state index contributed by atoms with van der Waals surface area (Å²) in [4.78, 5) is 11.0. The van der Waals surface area contributed by atoms with Crippen molar-refractivity contribution in [3.05, 3.63) is 38.4 Å². The molecule has 3 aliphatic rings. The molecule has 0 amide bonds. The van der Waals surface area contributed by atoms with E-state index in [9.17, 15) is 0 Å². The summed E-state index contributed by atoms with van der Waals surface area (Å²) >= 11 is 9.08. The molecule has 3 aromatic rings. The second-order valence-corrected chi connectivity index (χ2v) is 8.96. The molecule has 1 saturated heterocycles. The van der Waals surface area contributed by atoms with Gasteiger partial charge in [0.1, 0.15) is 24.3 Å². The Bertz CT molecular complexity index is 1190. The number of hydrogen-bond acceptors (Lipinski definition) is 6. The molecule has 6 nitrogen and oxygen atoms in total. The third kappa shape index (κ3) is 2.48. The van der Waals surface area contributed by atoms with Crippen LogP contribution in [0, 0.1) is 9.39 Å². The Balaban J connectivity index is 1.68. The first kappa shape index (κ1) is 17.9. The fourth-order valence-electron chi connectivity index (χ4n) is 4.45. The SMILES string of the molecule is Fc1c(-c2c(I)ccc3c2CN3)c(Cl)c2c3c(ncnc13)N1CCNC[C@H]1CO2. The van der Waals surface area contributed by atoms with E-state index in [2.05, 4.69) is 48.1 Å². The zero-order valence-corrected chi connectivity index (χ0v) is 18.1. The molecule has 2 aromatic carbocycles. The molecule has 0 aliphatic carbocycles. The van der Waals surface area contributed by atoms with Crippen molar-refractivity contribution >= 4 is 56.6 Å². The maximum atomic E-state index is 15.9. The molecule has 1 aromatic heterocycles. The maximum Gasteiger partial charge on any atom is 0.159 e. The lowest BCUT2D eigenvalue weighted by molar-refractivity contribution is 0.274. The highest BCUT2D eigenvalue weighted by Crippen LogP contribution is 2.50. The fraction of sp³-hybridized carbons (Fsp3) is 0.300. The Morgan fingerprint density at radius 2 is 2.17 bits per heavy atom. The lowest BCUT2D eigenvalue weighted by atomic mass is 9.92. The molecule has 29 heavy (non-hydrogen) atoms. The van der Waals surface area contributed by atoms with Crippen molar-refractivity contribution in [2.45, 2.75) is 12.6 Å². The summed E-state index contributed by atoms with van der Waals surface area (Å²) in [6.45, 7) is 3.53. The number of aromatic nitrogens is 2. The molecule has 0 spiro atoms. The van der Waals surface area contributed by atoms with Gasteiger partial charge in [0.2, 0.25) is 0 Å². The monoisotopic (exact) mass is 523 g/mol. The van der Waals surface area contributed by atoms with Crippen molar-refractivity contribution in [1.82, 2.24) is 15.3 Å². The number of fused-ring (bicyclic) bond motifs is 3. The Kier molecular flexibility index (Phi) is 4.04. The van der Waals surface area contributed by atoms with Crippen molar-refractivity contribution in [2.24, 2.45) is 0 Å². The van der Waals surface area contributed by atoms with Gasteiger partial charge in [-0.2, -0.15) is 0 Å². The fourth-order valence-corrected chi connectivity index (χ4v) is 5.55. The number of benzene rings is 2. The highest BCUT2D eigenvalue weighted by molar-refractivity contribution is 14.1. The van der Waals surface area contributed by atoms with Crippen LogP contribution in [0.1, 0.15) is 5.56 Å². The summed E-state index contributed by atoms with van der Waals surface area (Å²) in [7, 11) is 0. The number of ether oxygens (including phenoxy) is 1. The largest absolute Gasteiger partial charge is 0.489 e. The van der Waals surface area contributed by atoms with Gasteiger partial charge in [0.25, 0.3) is 0 Å². The van der Waals surface area contributed by atoms with Gasteiger partial charge in [0.05, 0.1) is 16.5 Å². The molecule has 6 rings (SSSR count). The van der Waals surface area contributed by atoms with Crippen LogP contribution in [0.25, 0.3) is 22.0 Å². The molecule has 0 radical (unpaired) electrons. The Labute approximate surface area is 184 Å². The number of hydrogen-bond donors (Lipinski definition) is 2. The minimum atomic E-state index is -0.423. The van der Waals surface area contributed by atoms with Crippen molar-refractivity contribution in [1.29, 1.82) is 0 Å². The van der Waals surface area contributed by atoms with Gasteiger partial charge >= 0.3 is 0 Å². The third-order valence-electron chi connectivity index (χ3n) is 5.91. The van der Waals surface area contributed by atoms with Crippen LogP contribution >= 0.6 is 34.2 Å². The summed E-state index contributed by atoms with van der Waals surface area (Å²) in [5, 5.41) is 7.49. The first-order valence-corrected chi connectivity index (χ1v) is 10.9. The summed E-state index contributed by atoms with van der Waals surface area (Å²) in [5.74, 6) is 0.746. The smallest absolute Gasteiger partial charge is 0.159 e. The van der Waals surface area contributed by atoms with Gasteiger partial charge in [-0.25, -0.2) is 14.4 Å². The van der Waals surface area contributed by atoms with Gasteiger partial charge in [0, 0.05) is 52.1 Å². The lowest BCUT2D eigenvalue weighted by Gasteiger charge is -2.35. The summed E-state index contributed by atoms with van der Waals surface area (Å²) in [6.07, 6.45) is 1.43. The minimum Gasteiger partial charge on any atom is -0.489 e. The van der Waals surface area contributed by atoms with Gasteiger partial charge < -0.3 is 20.3 Å². The molecule has 1 atom stereocenters. The van der Waals surface area contributed by atoms with E-state index in [0.29, 0.717) is 35.7 Å². The first-order chi connectivity index (χ1) is 14.1. The average Bonchev–Trinajstić information content (AvgIpc) is 2.87. The Morgan fingerprint density at radius 1 is 1.28 bits per heavy atom. The van der Waals surface area contributed by atoms with E-state index in [1.807, 2.05) is 12.1 Å². The maximum absolute atomic E-state index is 15.9. The second-order valence-electron chi connectivity index (χ2n) is 7.42. The second kappa shape index (κ2) is 6.55. The minimum absolute atomic E-state index is 0.110. The highest BCUT2D eigenvalue weighted by Gasteiger charge is 2.35. The van der Waals surface area contributed by atoms with E-state index >= 15 is 4.39 Å². The van der Waals surface area contributed by atoms with Crippen LogP contribution in [0.4, 0.5) is 15.9 Å². The number of nitrogens with zero attached hydrogens (tertiary/aromatic N) is 3. The van der Waals surface area contributed by atoms with E-state index < -0.39 is 5.82 Å². The number of piperazine rings is 1. The van der Waals surface area contributed by atoms with Crippen molar-refractivity contribution in [3.8, 4) is 16.9 Å². The molecule has 3 aliphatic heterocycles. The highest BCUT2D eigenvalue weighted by atomic mass is 127. The van der Waals surface area contributed by atoms with Crippen LogP contribution < -0.4 is 20.3 Å². The van der Waals surface area contributed by atoms with Crippen LogP contribution in [-0.2, 0) is 6.54 Å². The summed E-state index contributed by atoms with van der Waals surface area (Å²) in [5.41, 5.74) is 3.50. The van der Waals surface area contributed by atoms with E-state index in [0.717, 1.165) is 40.0 Å². The van der Waals surface area contributed by atoms with Crippen molar-refractivity contribution in [3.63, 3.8) is 0 Å². The van der Waals surface area contributed by atoms with E-state index in [-0.39, 0.29) is 16.6 Å². The van der Waals surface area contributed by atoms with E-state index in [1.165, 1.54) is 6.33 Å². The van der Waals surface area contributed by atoms with Gasteiger partial charge in [0.15, 0.2) is 11.6 Å². The summed E-state index contributed by atoms with van der Waals surface area (Å²) in [6, 6.07) is 4.09. The predicted octanol–water partition coefficient (Wildman–Crippen LogP) is 3.79. The molecule has 9 heteroatoms. The zero-order chi connectivity index (χ0) is 19.7. The number of nitrogens with one attached hydrogen (secondary N) is 2. The van der Waals surface area contributed by atoms with Gasteiger partial charge in [-0.3, -0.25) is 0 Å². The first-order valence-electron chi connectivity index (χ1n) is 9.46. The molecule has 0 saturated carbocycles. The Morgan fingerprint density at radius 3 is 3.00 bits per heavy atom. The van der Waals surface area contributed by atoms with Crippen LogP contribution in [0.2, 0.25) is 5.02 Å². The average molecular weight is 524 g/mol. The van der Waals surface area contributed by atoms with Gasteiger partial charge in [-0.05, 0) is 34.7 Å². The molecular weight excluding hydrogens is 508 g/mol. The van der Waals surface area contributed by atoms with E-state index in [4.69, 9.17) is 16.3 Å². The number of rotatable bonds is 1. The van der Waals surface area contributed by atoms with Crippen LogP contribution in [0.5, 0.6) is 5.75 Å². The zero-order valence-electron chi connectivity index (χ0n) is 15.2. The topological polar surface area (TPSA) is 62.3 Å². The molecule has 4 heterocycles. The molecule has 148 valence electrons. The standard InChI is InChI=1S/C20H16ClFIN5O/c21-16-14(13-10-6-25-12(10)2-1-11(13)23)17(22)18-15-19(16)29-7-9-5-24-3-4-28(9)20(15)27-8-26-18/h1-2,8-9,24-25H,3-7H2/t9-/m0/s1. The quantitative estimate of drug-likeness (QED) is 0.474. The normalized spacial score (nSPS) is 19.6. The molecular formula is C20H16ClFIN5O. The van der Waals surface area contributed by atoms with Crippen LogP contribution in [0.15, 0.2) is 18.5 Å². The summed E-state index contributed by atoms with van der Waals surface area (Å²) < 4.78 is 23.1. The number of halogens is 3. The van der Waals surface area contributed by atoms with Crippen LogP contribution in [0.3, 0.4) is 0 Å². The van der Waals surface area contributed by atoms with Gasteiger partial charge in [-0.15, -0.1) is 0 Å². The molecule has 1 fully saturated rings.